The lowest BCUT2D eigenvalue weighted by Gasteiger charge is -2.35. The van der Waals surface area contributed by atoms with Gasteiger partial charge in [0.2, 0.25) is 11.9 Å². The number of anilines is 2. The molecule has 8 nitrogen and oxygen atoms in total. The molecule has 2 saturated carbocycles. The maximum atomic E-state index is 13.9. The van der Waals surface area contributed by atoms with E-state index in [9.17, 15) is 22.8 Å². The van der Waals surface area contributed by atoms with Crippen molar-refractivity contribution in [3.05, 3.63) is 47.3 Å². The molecular weight excluding hydrogens is 545 g/mol. The number of amides is 2. The van der Waals surface area contributed by atoms with Crippen LogP contribution in [0.25, 0.3) is 0 Å². The summed E-state index contributed by atoms with van der Waals surface area (Å²) in [6.45, 7) is 1.91. The zero-order valence-electron chi connectivity index (χ0n) is 24.4. The summed E-state index contributed by atoms with van der Waals surface area (Å²) in [5.41, 5.74) is 0.137. The van der Waals surface area contributed by atoms with Gasteiger partial charge in [-0.15, -0.1) is 0 Å². The molecule has 2 heterocycles. The Morgan fingerprint density at radius 3 is 2.36 bits per heavy atom. The smallest absolute Gasteiger partial charge is 0.353 e. The molecule has 0 bridgehead atoms. The van der Waals surface area contributed by atoms with Gasteiger partial charge in [0.25, 0.3) is 5.91 Å². The van der Waals surface area contributed by atoms with Crippen LogP contribution in [0.1, 0.15) is 79.4 Å². The summed E-state index contributed by atoms with van der Waals surface area (Å²) in [4.78, 5) is 38.3. The number of aromatic nitrogens is 2. The van der Waals surface area contributed by atoms with Crippen molar-refractivity contribution < 1.29 is 22.8 Å². The van der Waals surface area contributed by atoms with Gasteiger partial charge in [-0.3, -0.25) is 9.59 Å². The van der Waals surface area contributed by atoms with Crippen LogP contribution < -0.4 is 10.6 Å². The van der Waals surface area contributed by atoms with Crippen molar-refractivity contribution in [3.63, 3.8) is 0 Å². The highest BCUT2D eigenvalue weighted by atomic mass is 19.4. The molecule has 2 aromatic rings. The molecule has 42 heavy (non-hydrogen) atoms. The predicted octanol–water partition coefficient (Wildman–Crippen LogP) is 5.42. The van der Waals surface area contributed by atoms with Crippen LogP contribution in [-0.4, -0.2) is 70.9 Å². The second-order valence-electron chi connectivity index (χ2n) is 12.2. The Labute approximate surface area is 245 Å². The van der Waals surface area contributed by atoms with Crippen LogP contribution in [0.15, 0.2) is 30.5 Å². The lowest BCUT2D eigenvalue weighted by Crippen LogP contribution is -2.44. The number of nitrogens with one attached hydrogen (secondary N) is 2. The van der Waals surface area contributed by atoms with E-state index in [4.69, 9.17) is 0 Å². The molecule has 0 radical (unpaired) electrons. The minimum absolute atomic E-state index is 0.0403. The fraction of sp³-hybridized carbons (Fsp3) is 0.613. The highest BCUT2D eigenvalue weighted by molar-refractivity contribution is 5.94. The zero-order chi connectivity index (χ0) is 29.9. The van der Waals surface area contributed by atoms with Gasteiger partial charge in [0, 0.05) is 42.5 Å². The van der Waals surface area contributed by atoms with Crippen LogP contribution in [0.4, 0.5) is 24.8 Å². The molecule has 2 amide bonds. The van der Waals surface area contributed by atoms with Crippen LogP contribution in [-0.2, 0) is 17.4 Å². The van der Waals surface area contributed by atoms with Crippen molar-refractivity contribution in [2.75, 3.05) is 32.5 Å². The van der Waals surface area contributed by atoms with Crippen molar-refractivity contribution >= 4 is 23.5 Å². The molecule has 3 aliphatic rings. The third-order valence-electron chi connectivity index (χ3n) is 9.27. The van der Waals surface area contributed by atoms with Gasteiger partial charge in [0.05, 0.1) is 11.3 Å². The first-order valence-corrected chi connectivity index (χ1v) is 15.1. The van der Waals surface area contributed by atoms with Gasteiger partial charge in [-0.2, -0.15) is 13.2 Å². The van der Waals surface area contributed by atoms with Crippen molar-refractivity contribution in [3.8, 4) is 0 Å². The van der Waals surface area contributed by atoms with Crippen molar-refractivity contribution in [1.82, 2.24) is 25.1 Å². The highest BCUT2D eigenvalue weighted by Gasteiger charge is 2.39. The standard InChI is InChI=1S/C31H41F3N6O2/c1-39-16-14-24(15-17-39)40(2)29(42)20-10-12-23(13-11-20)37-30-35-19-26(31(32,33)34)27(38-30)18-21-6-5-9-25(21)28(41)36-22-7-3-4-8-22/h10-13,19,21-22,24-25H,3-9,14-18H2,1-2H3,(H,36,41)(H,35,37,38)/t21-,25-/m0/s1. The maximum Gasteiger partial charge on any atom is 0.419 e. The average molecular weight is 587 g/mol. The van der Waals surface area contributed by atoms with Crippen LogP contribution in [0.5, 0.6) is 0 Å². The van der Waals surface area contributed by atoms with E-state index in [-0.39, 0.29) is 53.8 Å². The summed E-state index contributed by atoms with van der Waals surface area (Å²) in [6, 6.07) is 7.18. The van der Waals surface area contributed by atoms with E-state index < -0.39 is 11.7 Å². The van der Waals surface area contributed by atoms with E-state index >= 15 is 0 Å². The second kappa shape index (κ2) is 13.0. The summed E-state index contributed by atoms with van der Waals surface area (Å²) in [5.74, 6) is -0.572. The topological polar surface area (TPSA) is 90.5 Å². The summed E-state index contributed by atoms with van der Waals surface area (Å²) in [7, 11) is 3.91. The maximum absolute atomic E-state index is 13.9. The van der Waals surface area contributed by atoms with Gasteiger partial charge in [0.1, 0.15) is 0 Å². The fourth-order valence-corrected chi connectivity index (χ4v) is 6.70. The summed E-state index contributed by atoms with van der Waals surface area (Å²) >= 11 is 0. The first-order valence-electron chi connectivity index (χ1n) is 15.1. The molecule has 1 aromatic carbocycles. The van der Waals surface area contributed by atoms with E-state index in [2.05, 4.69) is 32.5 Å². The third kappa shape index (κ3) is 7.22. The molecule has 1 aliphatic heterocycles. The van der Waals surface area contributed by atoms with Crippen LogP contribution in [0, 0.1) is 11.8 Å². The molecule has 2 aliphatic carbocycles. The average Bonchev–Trinajstić information content (AvgIpc) is 3.65. The number of halogens is 3. The summed E-state index contributed by atoms with van der Waals surface area (Å²) in [5, 5.41) is 6.12. The Bertz CT molecular complexity index is 1240. The van der Waals surface area contributed by atoms with Gasteiger partial charge in [-0.25, -0.2) is 9.97 Å². The molecule has 2 atom stereocenters. The van der Waals surface area contributed by atoms with Gasteiger partial charge in [-0.05, 0) is 95.3 Å². The molecule has 228 valence electrons. The Kier molecular flexibility index (Phi) is 9.35. The highest BCUT2D eigenvalue weighted by Crippen LogP contribution is 2.38. The monoisotopic (exact) mass is 586 g/mol. The van der Waals surface area contributed by atoms with Crippen LogP contribution in [0.2, 0.25) is 0 Å². The normalized spacial score (nSPS) is 22.3. The number of alkyl halides is 3. The molecule has 3 fully saturated rings. The van der Waals surface area contributed by atoms with E-state index in [0.717, 1.165) is 64.2 Å². The number of nitrogens with zero attached hydrogens (tertiary/aromatic N) is 4. The molecule has 5 rings (SSSR count). The lowest BCUT2D eigenvalue weighted by molar-refractivity contribution is -0.138. The van der Waals surface area contributed by atoms with Crippen LogP contribution >= 0.6 is 0 Å². The predicted molar refractivity (Wildman–Crippen MR) is 154 cm³/mol. The Morgan fingerprint density at radius 2 is 1.69 bits per heavy atom. The third-order valence-corrected chi connectivity index (χ3v) is 9.27. The molecule has 2 N–H and O–H groups in total. The number of carbonyl (C=O) groups is 2. The number of hydrogen-bond acceptors (Lipinski definition) is 6. The SMILES string of the molecule is CN1CCC(N(C)C(=O)c2ccc(Nc3ncc(C(F)(F)F)c(C[C@@H]4CCC[C@@H]4C(=O)NC4CCCC4)n3)cc2)CC1. The van der Waals surface area contributed by atoms with Gasteiger partial charge < -0.3 is 20.4 Å². The Hall–Kier alpha value is -3.21. The quantitative estimate of drug-likeness (QED) is 0.429. The second-order valence-corrected chi connectivity index (χ2v) is 12.2. The largest absolute Gasteiger partial charge is 0.419 e. The zero-order valence-corrected chi connectivity index (χ0v) is 24.4. The van der Waals surface area contributed by atoms with Gasteiger partial charge in [-0.1, -0.05) is 19.3 Å². The molecular formula is C31H41F3N6O2. The minimum atomic E-state index is -4.60. The van der Waals surface area contributed by atoms with Crippen molar-refractivity contribution in [2.24, 2.45) is 11.8 Å². The number of hydrogen-bond donors (Lipinski definition) is 2. The molecule has 0 spiro atoms. The molecule has 11 heteroatoms. The summed E-state index contributed by atoms with van der Waals surface area (Å²) < 4.78 is 41.8. The summed E-state index contributed by atoms with van der Waals surface area (Å²) in [6.07, 6.45) is 4.44. The Morgan fingerprint density at radius 1 is 1.00 bits per heavy atom. The number of likely N-dealkylation sites (tertiary alicyclic amines) is 1. The van der Waals surface area contributed by atoms with Gasteiger partial charge >= 0.3 is 6.18 Å². The van der Waals surface area contributed by atoms with E-state index in [1.165, 1.54) is 0 Å². The van der Waals surface area contributed by atoms with Crippen LogP contribution in [0.3, 0.4) is 0 Å². The molecule has 1 saturated heterocycles. The lowest BCUT2D eigenvalue weighted by atomic mass is 9.89. The van der Waals surface area contributed by atoms with E-state index in [1.807, 2.05) is 7.05 Å². The van der Waals surface area contributed by atoms with E-state index in [1.54, 1.807) is 29.2 Å². The number of carbonyl (C=O) groups excluding carboxylic acids is 2. The molecule has 0 unspecified atom stereocenters. The fourth-order valence-electron chi connectivity index (χ4n) is 6.70. The van der Waals surface area contributed by atoms with E-state index in [0.29, 0.717) is 24.1 Å². The number of rotatable bonds is 8. The first kappa shape index (κ1) is 30.3. The number of piperidine rings is 1. The first-order chi connectivity index (χ1) is 20.1. The number of benzene rings is 1. The van der Waals surface area contributed by atoms with Crippen molar-refractivity contribution in [1.29, 1.82) is 0 Å². The van der Waals surface area contributed by atoms with Gasteiger partial charge in [0.15, 0.2) is 0 Å². The molecule has 1 aromatic heterocycles. The Balaban J connectivity index is 1.27. The van der Waals surface area contributed by atoms with Crippen molar-refractivity contribution in [2.45, 2.75) is 82.5 Å². The minimum Gasteiger partial charge on any atom is -0.353 e.